The number of nitrogens with one attached hydrogen (secondary N) is 1. The number of carbonyl (C=O) groups is 1. The first-order chi connectivity index (χ1) is 15.5. The zero-order chi connectivity index (χ0) is 24.4. The van der Waals surface area contributed by atoms with Crippen LogP contribution in [0.3, 0.4) is 0 Å². The van der Waals surface area contributed by atoms with Gasteiger partial charge in [-0.3, -0.25) is 4.57 Å². The van der Waals surface area contributed by atoms with E-state index >= 15 is 0 Å². The van der Waals surface area contributed by atoms with Crippen molar-refractivity contribution in [1.29, 1.82) is 0 Å². The number of phenolic OH excluding ortho intramolecular Hbond substituents is 1. The molecule has 2 aromatic carbocycles. The van der Waals surface area contributed by atoms with Gasteiger partial charge in [-0.05, 0) is 48.0 Å². The van der Waals surface area contributed by atoms with E-state index in [1.165, 1.54) is 11.0 Å². The number of nitrogens with zero attached hydrogens (tertiary/aromatic N) is 3. The van der Waals surface area contributed by atoms with Crippen LogP contribution in [0.5, 0.6) is 17.2 Å². The second kappa shape index (κ2) is 10.0. The molecule has 0 fully saturated rings. The molecule has 2 N–H and O–H groups in total. The Balaban J connectivity index is 2.18. The van der Waals surface area contributed by atoms with Crippen molar-refractivity contribution >= 4 is 46.9 Å². The minimum atomic E-state index is -0.512. The number of H-pyrrole nitrogens is 1. The number of aromatic amines is 1. The third kappa shape index (κ3) is 5.11. The molecule has 0 aliphatic carbocycles. The van der Waals surface area contributed by atoms with E-state index in [4.69, 9.17) is 21.7 Å². The Hall–Kier alpha value is -2.73. The number of hydrogen-bond acceptors (Lipinski definition) is 6. The molecule has 0 aliphatic heterocycles. The lowest BCUT2D eigenvalue weighted by atomic mass is 9.97. The molecule has 0 aliphatic rings. The van der Waals surface area contributed by atoms with Crippen LogP contribution in [0, 0.1) is 4.77 Å². The van der Waals surface area contributed by atoms with Gasteiger partial charge in [-0.2, -0.15) is 0 Å². The molecule has 0 saturated heterocycles. The Bertz CT molecular complexity index is 1230. The average molecular weight is 582 g/mol. The predicted octanol–water partition coefficient (Wildman–Crippen LogP) is 5.89. The van der Waals surface area contributed by atoms with Crippen molar-refractivity contribution in [3.05, 3.63) is 46.9 Å². The van der Waals surface area contributed by atoms with Gasteiger partial charge in [0.25, 0.3) is 0 Å². The summed E-state index contributed by atoms with van der Waals surface area (Å²) in [5.74, 6) is 1.08. The summed E-state index contributed by atoms with van der Waals surface area (Å²) in [5, 5.41) is 10.9. The normalized spacial score (nSPS) is 10.9. The van der Waals surface area contributed by atoms with Crippen LogP contribution in [0.2, 0.25) is 0 Å². The van der Waals surface area contributed by atoms with Crippen molar-refractivity contribution in [3.8, 4) is 34.2 Å². The molecule has 3 aromatic rings. The number of ether oxygens (including phenoxy) is 2. The van der Waals surface area contributed by atoms with Crippen molar-refractivity contribution in [2.45, 2.75) is 19.8 Å². The number of halogens is 1. The number of methoxy groups -OCH3 is 1. The highest BCUT2D eigenvalue weighted by Gasteiger charge is 2.21. The third-order valence-corrected chi connectivity index (χ3v) is 5.94. The van der Waals surface area contributed by atoms with E-state index in [1.807, 2.05) is 52.8 Å². The first-order valence-corrected chi connectivity index (χ1v) is 11.6. The van der Waals surface area contributed by atoms with Crippen LogP contribution in [0.15, 0.2) is 36.5 Å². The van der Waals surface area contributed by atoms with E-state index < -0.39 is 6.09 Å². The molecule has 10 heteroatoms. The summed E-state index contributed by atoms with van der Waals surface area (Å²) in [5.41, 5.74) is 3.72. The van der Waals surface area contributed by atoms with Crippen molar-refractivity contribution in [2.75, 3.05) is 31.4 Å². The molecule has 1 heterocycles. The summed E-state index contributed by atoms with van der Waals surface area (Å²) >= 11 is 7.75. The number of phenols is 1. The minimum Gasteiger partial charge on any atom is -0.507 e. The maximum absolute atomic E-state index is 12.1. The highest BCUT2D eigenvalue weighted by molar-refractivity contribution is 14.1. The predicted molar refractivity (Wildman–Crippen MR) is 141 cm³/mol. The lowest BCUT2D eigenvalue weighted by Crippen LogP contribution is -2.25. The molecule has 0 spiro atoms. The van der Waals surface area contributed by atoms with Crippen LogP contribution in [0.1, 0.15) is 25.3 Å². The van der Waals surface area contributed by atoms with Gasteiger partial charge in [-0.25, -0.2) is 4.79 Å². The number of imidazole rings is 1. The molecule has 3 rings (SSSR count). The summed E-state index contributed by atoms with van der Waals surface area (Å²) in [4.78, 5) is 16.5. The molecule has 1 aromatic heterocycles. The molecule has 0 unspecified atom stereocenters. The van der Waals surface area contributed by atoms with Crippen molar-refractivity contribution < 1.29 is 19.4 Å². The van der Waals surface area contributed by atoms with Crippen LogP contribution in [0.25, 0.3) is 16.9 Å². The van der Waals surface area contributed by atoms with Gasteiger partial charge in [-0.15, -0.1) is 0 Å². The minimum absolute atomic E-state index is 0.0246. The summed E-state index contributed by atoms with van der Waals surface area (Å²) in [6.07, 6.45) is 1.24. The van der Waals surface area contributed by atoms with Gasteiger partial charge in [0.2, 0.25) is 0 Å². The van der Waals surface area contributed by atoms with Crippen LogP contribution in [-0.4, -0.2) is 53.9 Å². The molecular weight excluding hydrogens is 555 g/mol. The van der Waals surface area contributed by atoms with Gasteiger partial charge in [0, 0.05) is 39.0 Å². The second-order valence-electron chi connectivity index (χ2n) is 7.97. The number of hydrogen-bond donors (Lipinski definition) is 2. The van der Waals surface area contributed by atoms with Crippen molar-refractivity contribution in [2.24, 2.45) is 0 Å². The lowest BCUT2D eigenvalue weighted by Gasteiger charge is -2.19. The SMILES string of the molecule is COc1ccc(-n2c(-c3cc(C(C)C)c(OC(=O)N(C)C)cc3O)c[nH]c2=S)cc1N(C)I. The maximum Gasteiger partial charge on any atom is 0.414 e. The average Bonchev–Trinajstić information content (AvgIpc) is 3.13. The lowest BCUT2D eigenvalue weighted by molar-refractivity contribution is 0.171. The Kier molecular flexibility index (Phi) is 7.58. The molecular formula is C23H27IN4O4S. The molecule has 0 atom stereocenters. The van der Waals surface area contributed by atoms with Gasteiger partial charge in [0.1, 0.15) is 17.2 Å². The van der Waals surface area contributed by atoms with Gasteiger partial charge in [-0.1, -0.05) is 13.8 Å². The monoisotopic (exact) mass is 582 g/mol. The van der Waals surface area contributed by atoms with Crippen LogP contribution >= 0.6 is 35.1 Å². The number of rotatable bonds is 6. The molecule has 0 saturated carbocycles. The van der Waals surface area contributed by atoms with Crippen LogP contribution < -0.4 is 12.6 Å². The third-order valence-electron chi connectivity index (χ3n) is 5.12. The van der Waals surface area contributed by atoms with Gasteiger partial charge < -0.3 is 27.6 Å². The molecule has 8 nitrogen and oxygen atoms in total. The first-order valence-electron chi connectivity index (χ1n) is 10.2. The first kappa shape index (κ1) is 24.9. The van der Waals surface area contributed by atoms with Gasteiger partial charge in [0.05, 0.1) is 47.0 Å². The summed E-state index contributed by atoms with van der Waals surface area (Å²) < 4.78 is 15.2. The summed E-state index contributed by atoms with van der Waals surface area (Å²) in [7, 11) is 6.77. The summed E-state index contributed by atoms with van der Waals surface area (Å²) in [6.45, 7) is 4.00. The Morgan fingerprint density at radius 1 is 1.18 bits per heavy atom. The van der Waals surface area contributed by atoms with Crippen LogP contribution in [-0.2, 0) is 0 Å². The maximum atomic E-state index is 12.1. The Morgan fingerprint density at radius 3 is 2.45 bits per heavy atom. The van der Waals surface area contributed by atoms with Gasteiger partial charge in [0.15, 0.2) is 4.77 Å². The fraction of sp³-hybridized carbons (Fsp3) is 0.304. The fourth-order valence-corrected chi connectivity index (χ4v) is 4.04. The fourth-order valence-electron chi connectivity index (χ4n) is 3.40. The standard InChI is InChI=1S/C23H27IN4O4S/c1-13(2)15-10-16(19(29)11-21(15)32-23(30)26(3)4)18-12-25-22(33)28(18)14-7-8-20(31-6)17(9-14)27(5)24/h7-13,29H,1-6H3,(H,25,33). The zero-order valence-corrected chi connectivity index (χ0v) is 22.3. The van der Waals surface area contributed by atoms with E-state index in [0.717, 1.165) is 22.7 Å². The van der Waals surface area contributed by atoms with E-state index in [9.17, 15) is 9.90 Å². The molecule has 176 valence electrons. The Labute approximate surface area is 212 Å². The van der Waals surface area contributed by atoms with E-state index in [1.54, 1.807) is 27.4 Å². The highest BCUT2D eigenvalue weighted by atomic mass is 127. The zero-order valence-electron chi connectivity index (χ0n) is 19.3. The molecule has 0 radical (unpaired) electrons. The number of anilines is 1. The van der Waals surface area contributed by atoms with Crippen LogP contribution in [0.4, 0.5) is 10.5 Å². The largest absolute Gasteiger partial charge is 0.507 e. The summed E-state index contributed by atoms with van der Waals surface area (Å²) in [6, 6.07) is 9.06. The number of amides is 1. The Morgan fingerprint density at radius 2 is 1.88 bits per heavy atom. The number of benzene rings is 2. The van der Waals surface area contributed by atoms with Gasteiger partial charge >= 0.3 is 6.09 Å². The smallest absolute Gasteiger partial charge is 0.414 e. The molecule has 0 bridgehead atoms. The second-order valence-corrected chi connectivity index (χ2v) is 9.81. The topological polar surface area (TPSA) is 83.0 Å². The number of aromatic nitrogens is 2. The van der Waals surface area contributed by atoms with Crippen molar-refractivity contribution in [3.63, 3.8) is 0 Å². The van der Waals surface area contributed by atoms with Crippen molar-refractivity contribution in [1.82, 2.24) is 14.5 Å². The van der Waals surface area contributed by atoms with E-state index in [2.05, 4.69) is 27.8 Å². The van der Waals surface area contributed by atoms with E-state index in [-0.39, 0.29) is 11.7 Å². The quantitative estimate of drug-likeness (QED) is 0.215. The molecule has 1 amide bonds. The number of carbonyl (C=O) groups excluding carboxylic acids is 1. The molecule has 33 heavy (non-hydrogen) atoms. The highest BCUT2D eigenvalue weighted by Crippen LogP contribution is 2.40. The number of aromatic hydroxyl groups is 1. The van der Waals surface area contributed by atoms with E-state index in [0.29, 0.717) is 21.8 Å².